The summed E-state index contributed by atoms with van der Waals surface area (Å²) in [5.41, 5.74) is 2.96. The minimum absolute atomic E-state index is 0.0788. The van der Waals surface area contributed by atoms with Gasteiger partial charge in [0.05, 0.1) is 5.75 Å². The van der Waals surface area contributed by atoms with Crippen LogP contribution >= 0.6 is 11.8 Å². The summed E-state index contributed by atoms with van der Waals surface area (Å²) in [6.07, 6.45) is 0. The van der Waals surface area contributed by atoms with Crippen molar-refractivity contribution in [2.45, 2.75) is 12.3 Å². The maximum atomic E-state index is 13.0. The summed E-state index contributed by atoms with van der Waals surface area (Å²) < 4.78 is 13.0. The molecular formula is C16H14FNOS. The average Bonchev–Trinajstić information content (AvgIpc) is 2.81. The second kappa shape index (κ2) is 5.29. The fourth-order valence-corrected chi connectivity index (χ4v) is 3.53. The highest BCUT2D eigenvalue weighted by atomic mass is 32.2. The Hall–Kier alpha value is -1.81. The van der Waals surface area contributed by atoms with Crippen molar-refractivity contribution in [2.75, 3.05) is 10.7 Å². The predicted molar refractivity (Wildman–Crippen MR) is 80.3 cm³/mol. The summed E-state index contributed by atoms with van der Waals surface area (Å²) in [7, 11) is 0. The number of carbonyl (C=O) groups is 1. The lowest BCUT2D eigenvalue weighted by Gasteiger charge is -2.24. The van der Waals surface area contributed by atoms with Crippen LogP contribution < -0.4 is 4.90 Å². The summed E-state index contributed by atoms with van der Waals surface area (Å²) in [6, 6.07) is 14.3. The normalized spacial score (nSPS) is 18.6. The minimum Gasteiger partial charge on any atom is -0.295 e. The molecule has 2 nitrogen and oxygen atoms in total. The number of amides is 1. The molecular weight excluding hydrogens is 273 g/mol. The van der Waals surface area contributed by atoms with Gasteiger partial charge in [-0.1, -0.05) is 24.3 Å². The maximum Gasteiger partial charge on any atom is 0.238 e. The maximum absolute atomic E-state index is 13.0. The van der Waals surface area contributed by atoms with Crippen molar-refractivity contribution in [3.05, 3.63) is 65.5 Å². The van der Waals surface area contributed by atoms with E-state index in [0.29, 0.717) is 5.75 Å². The molecule has 0 bridgehead atoms. The third-order valence-corrected chi connectivity index (χ3v) is 4.52. The average molecular weight is 287 g/mol. The van der Waals surface area contributed by atoms with Gasteiger partial charge in [-0.25, -0.2) is 4.39 Å². The van der Waals surface area contributed by atoms with Gasteiger partial charge in [-0.2, -0.15) is 0 Å². The van der Waals surface area contributed by atoms with Gasteiger partial charge in [-0.15, -0.1) is 11.8 Å². The van der Waals surface area contributed by atoms with Gasteiger partial charge in [0.15, 0.2) is 0 Å². The number of benzene rings is 2. The summed E-state index contributed by atoms with van der Waals surface area (Å²) in [6.45, 7) is 2.00. The van der Waals surface area contributed by atoms with Crippen LogP contribution in [0.2, 0.25) is 0 Å². The van der Waals surface area contributed by atoms with Gasteiger partial charge in [0.2, 0.25) is 5.91 Å². The largest absolute Gasteiger partial charge is 0.295 e. The number of aryl methyl sites for hydroxylation is 1. The standard InChI is InChI=1S/C16H14FNOS/c1-11-3-2-4-14(9-11)18-15(19)10-20-16(18)12-5-7-13(17)8-6-12/h2-9,16H,10H2,1H3/t16-/m1/s1. The molecule has 1 saturated heterocycles. The van der Waals surface area contributed by atoms with E-state index in [-0.39, 0.29) is 17.1 Å². The van der Waals surface area contributed by atoms with Gasteiger partial charge >= 0.3 is 0 Å². The molecule has 2 aromatic carbocycles. The van der Waals surface area contributed by atoms with E-state index in [2.05, 4.69) is 0 Å². The molecule has 0 unspecified atom stereocenters. The lowest BCUT2D eigenvalue weighted by Crippen LogP contribution is -2.27. The number of hydrogen-bond donors (Lipinski definition) is 0. The molecule has 2 aromatic rings. The highest BCUT2D eigenvalue weighted by Gasteiger charge is 2.33. The molecule has 1 atom stereocenters. The number of nitrogens with zero attached hydrogens (tertiary/aromatic N) is 1. The van der Waals surface area contributed by atoms with Crippen LogP contribution in [-0.4, -0.2) is 11.7 Å². The van der Waals surface area contributed by atoms with Crippen molar-refractivity contribution in [3.8, 4) is 0 Å². The highest BCUT2D eigenvalue weighted by Crippen LogP contribution is 2.41. The van der Waals surface area contributed by atoms with Crippen molar-refractivity contribution < 1.29 is 9.18 Å². The Kier molecular flexibility index (Phi) is 3.49. The van der Waals surface area contributed by atoms with Crippen LogP contribution in [0.25, 0.3) is 0 Å². The lowest BCUT2D eigenvalue weighted by atomic mass is 10.1. The number of rotatable bonds is 2. The van der Waals surface area contributed by atoms with Crippen molar-refractivity contribution in [2.24, 2.45) is 0 Å². The first-order valence-corrected chi connectivity index (χ1v) is 7.46. The van der Waals surface area contributed by atoms with E-state index in [4.69, 9.17) is 0 Å². The smallest absolute Gasteiger partial charge is 0.238 e. The number of anilines is 1. The predicted octanol–water partition coefficient (Wildman–Crippen LogP) is 3.91. The topological polar surface area (TPSA) is 20.3 Å². The highest BCUT2D eigenvalue weighted by molar-refractivity contribution is 8.00. The van der Waals surface area contributed by atoms with E-state index < -0.39 is 0 Å². The fourth-order valence-electron chi connectivity index (χ4n) is 2.35. The second-order valence-electron chi connectivity index (χ2n) is 4.82. The number of halogens is 1. The van der Waals surface area contributed by atoms with Gasteiger partial charge in [-0.3, -0.25) is 9.69 Å². The summed E-state index contributed by atoms with van der Waals surface area (Å²) in [5, 5.41) is -0.0788. The molecule has 20 heavy (non-hydrogen) atoms. The first kappa shape index (κ1) is 13.2. The molecule has 0 aliphatic carbocycles. The number of carbonyl (C=O) groups excluding carboxylic acids is 1. The Morgan fingerprint density at radius 2 is 1.95 bits per heavy atom. The van der Waals surface area contributed by atoms with Crippen LogP contribution in [-0.2, 0) is 4.79 Å². The second-order valence-corrected chi connectivity index (χ2v) is 5.89. The zero-order valence-corrected chi connectivity index (χ0v) is 11.9. The molecule has 4 heteroatoms. The van der Waals surface area contributed by atoms with Gasteiger partial charge in [0, 0.05) is 5.69 Å². The molecule has 1 aliphatic rings. The summed E-state index contributed by atoms with van der Waals surface area (Å²) in [4.78, 5) is 14.0. The lowest BCUT2D eigenvalue weighted by molar-refractivity contribution is -0.115. The molecule has 0 radical (unpaired) electrons. The van der Waals surface area contributed by atoms with Gasteiger partial charge < -0.3 is 0 Å². The number of thioether (sulfide) groups is 1. The van der Waals surface area contributed by atoms with E-state index in [9.17, 15) is 9.18 Å². The van der Waals surface area contributed by atoms with Crippen LogP contribution in [0.1, 0.15) is 16.5 Å². The molecule has 0 spiro atoms. The van der Waals surface area contributed by atoms with Crippen molar-refractivity contribution in [3.63, 3.8) is 0 Å². The molecule has 1 fully saturated rings. The quantitative estimate of drug-likeness (QED) is 0.834. The molecule has 0 saturated carbocycles. The van der Waals surface area contributed by atoms with E-state index in [1.54, 1.807) is 28.8 Å². The SMILES string of the molecule is Cc1cccc(N2C(=O)CS[C@@H]2c2ccc(F)cc2)c1. The third kappa shape index (κ3) is 2.43. The van der Waals surface area contributed by atoms with E-state index >= 15 is 0 Å². The van der Waals surface area contributed by atoms with Crippen LogP contribution in [0, 0.1) is 12.7 Å². The molecule has 1 heterocycles. The zero-order valence-electron chi connectivity index (χ0n) is 11.0. The monoisotopic (exact) mass is 287 g/mol. The van der Waals surface area contributed by atoms with Crippen molar-refractivity contribution >= 4 is 23.4 Å². The van der Waals surface area contributed by atoms with E-state index in [0.717, 1.165) is 16.8 Å². The van der Waals surface area contributed by atoms with Crippen LogP contribution in [0.3, 0.4) is 0 Å². The van der Waals surface area contributed by atoms with Crippen molar-refractivity contribution in [1.82, 2.24) is 0 Å². The molecule has 1 amide bonds. The Balaban J connectivity index is 1.98. The Morgan fingerprint density at radius 3 is 2.65 bits per heavy atom. The number of hydrogen-bond acceptors (Lipinski definition) is 2. The van der Waals surface area contributed by atoms with Gasteiger partial charge in [0.1, 0.15) is 11.2 Å². The minimum atomic E-state index is -0.259. The first-order valence-electron chi connectivity index (χ1n) is 6.41. The van der Waals surface area contributed by atoms with E-state index in [1.807, 2.05) is 31.2 Å². The third-order valence-electron chi connectivity index (χ3n) is 3.30. The molecule has 102 valence electrons. The van der Waals surface area contributed by atoms with Crippen molar-refractivity contribution in [1.29, 1.82) is 0 Å². The van der Waals surface area contributed by atoms with Gasteiger partial charge in [-0.05, 0) is 42.3 Å². The molecule has 0 aromatic heterocycles. The van der Waals surface area contributed by atoms with Crippen LogP contribution in [0.4, 0.5) is 10.1 Å². The van der Waals surface area contributed by atoms with Crippen LogP contribution in [0.15, 0.2) is 48.5 Å². The first-order chi connectivity index (χ1) is 9.65. The molecule has 3 rings (SSSR count). The zero-order chi connectivity index (χ0) is 14.1. The van der Waals surface area contributed by atoms with Crippen LogP contribution in [0.5, 0.6) is 0 Å². The summed E-state index contributed by atoms with van der Waals surface area (Å²) >= 11 is 1.57. The summed E-state index contributed by atoms with van der Waals surface area (Å²) in [5.74, 6) is 0.288. The molecule has 0 N–H and O–H groups in total. The Bertz CT molecular complexity index is 641. The molecule has 1 aliphatic heterocycles. The Morgan fingerprint density at radius 1 is 1.20 bits per heavy atom. The van der Waals surface area contributed by atoms with E-state index in [1.165, 1.54) is 12.1 Å². The Labute approximate surface area is 121 Å². The van der Waals surface area contributed by atoms with Gasteiger partial charge in [0.25, 0.3) is 0 Å². The fraction of sp³-hybridized carbons (Fsp3) is 0.188.